The molecule has 0 radical (unpaired) electrons. The summed E-state index contributed by atoms with van der Waals surface area (Å²) in [7, 11) is 0. The molecule has 6 nitrogen and oxygen atoms in total. The van der Waals surface area contributed by atoms with Crippen molar-refractivity contribution in [1.29, 1.82) is 0 Å². The second kappa shape index (κ2) is 7.73. The number of esters is 1. The molecule has 0 bridgehead atoms. The van der Waals surface area contributed by atoms with E-state index in [1.807, 2.05) is 0 Å². The summed E-state index contributed by atoms with van der Waals surface area (Å²) >= 11 is 1.14. The van der Waals surface area contributed by atoms with Crippen molar-refractivity contribution in [3.8, 4) is 11.5 Å². The van der Waals surface area contributed by atoms with E-state index in [0.29, 0.717) is 16.9 Å². The van der Waals surface area contributed by atoms with E-state index in [9.17, 15) is 14.4 Å². The van der Waals surface area contributed by atoms with Gasteiger partial charge in [-0.3, -0.25) is 4.79 Å². The van der Waals surface area contributed by atoms with Crippen LogP contribution in [0, 0.1) is 0 Å². The lowest BCUT2D eigenvalue weighted by atomic mass is 10.1. The van der Waals surface area contributed by atoms with E-state index >= 15 is 0 Å². The van der Waals surface area contributed by atoms with Crippen LogP contribution in [0.15, 0.2) is 48.5 Å². The topological polar surface area (TPSA) is 78.9 Å². The van der Waals surface area contributed by atoms with Gasteiger partial charge in [0.25, 0.3) is 0 Å². The number of rotatable bonds is 4. The number of ketones is 1. The maximum atomic E-state index is 12.0. The van der Waals surface area contributed by atoms with E-state index in [2.05, 4.69) is 3.07 Å². The minimum atomic E-state index is -0.829. The lowest BCUT2D eigenvalue weighted by Crippen LogP contribution is -3.34. The number of hydrogen-bond donors (Lipinski definition) is 0. The Hall–Kier alpha value is -2.42. The molecule has 0 saturated carbocycles. The molecule has 0 N–H and O–H groups in total. The van der Waals surface area contributed by atoms with E-state index in [1.54, 1.807) is 12.1 Å². The van der Waals surface area contributed by atoms with Crippen LogP contribution in [-0.2, 0) is 3.07 Å². The molecule has 2 aromatic rings. The molecule has 2 aromatic carbocycles. The predicted octanol–water partition coefficient (Wildman–Crippen LogP) is -0.176. The molecule has 0 aliphatic rings. The molecule has 0 fully saturated rings. The van der Waals surface area contributed by atoms with Crippen LogP contribution in [0.2, 0.25) is 0 Å². The first-order valence-electron chi connectivity index (χ1n) is 6.44. The molecule has 7 heteroatoms. The highest BCUT2D eigenvalue weighted by molar-refractivity contribution is 5.96. The van der Waals surface area contributed by atoms with Gasteiger partial charge in [0.2, 0.25) is 0 Å². The van der Waals surface area contributed by atoms with Gasteiger partial charge >= 0.3 is 35.1 Å². The second-order valence-corrected chi connectivity index (χ2v) is 4.91. The molecule has 0 heterocycles. The first kappa shape index (κ1) is 16.9. The molecule has 0 spiro atoms. The van der Waals surface area contributed by atoms with E-state index < -0.39 is 12.1 Å². The number of halogens is 1. The van der Waals surface area contributed by atoms with Gasteiger partial charge in [0, 0.05) is 5.56 Å². The Morgan fingerprint density at radius 1 is 0.783 bits per heavy atom. The van der Waals surface area contributed by atoms with Crippen molar-refractivity contribution >= 4 is 17.9 Å². The van der Waals surface area contributed by atoms with Crippen molar-refractivity contribution in [2.45, 2.75) is 6.92 Å². The third-order valence-corrected chi connectivity index (χ3v) is 3.22. The zero-order chi connectivity index (χ0) is 16.8. The first-order chi connectivity index (χ1) is 11.0. The number of carbonyl (C=O) groups excluding carboxylic acids is 3. The Kier molecular flexibility index (Phi) is 5.69. The monoisotopic (exact) mass is 427 g/mol. The predicted molar refractivity (Wildman–Crippen MR) is 76.4 cm³/mol. The molecular formula is C16H12IO6+. The summed E-state index contributed by atoms with van der Waals surface area (Å²) in [5.41, 5.74) is 0.844. The summed E-state index contributed by atoms with van der Waals surface area (Å²) in [6.45, 7) is 1.45. The Morgan fingerprint density at radius 2 is 1.26 bits per heavy atom. The van der Waals surface area contributed by atoms with Crippen LogP contribution in [0.5, 0.6) is 11.5 Å². The van der Waals surface area contributed by atoms with E-state index in [0.717, 1.165) is 23.0 Å². The van der Waals surface area contributed by atoms with Gasteiger partial charge < -0.3 is 9.47 Å². The summed E-state index contributed by atoms with van der Waals surface area (Å²) in [4.78, 5) is 34.1. The fourth-order valence-electron chi connectivity index (χ4n) is 1.70. The smallest absolute Gasteiger partial charge is 0.423 e. The van der Waals surface area contributed by atoms with Crippen molar-refractivity contribution in [3.63, 3.8) is 0 Å². The highest BCUT2D eigenvalue weighted by Crippen LogP contribution is 2.19. The molecule has 2 rings (SSSR count). The summed E-state index contributed by atoms with van der Waals surface area (Å²) in [6, 6.07) is 12.1. The fourth-order valence-corrected chi connectivity index (χ4v) is 1.79. The quantitative estimate of drug-likeness (QED) is 0.222. The van der Waals surface area contributed by atoms with E-state index in [1.165, 1.54) is 43.3 Å². The standard InChI is InChI=1S/C16H12IO6/c1-10(18)11-2-4-12(5-3-11)15(19)21-13-6-8-14(9-7-13)22-16(20)23-17/h2-9,17H,1H3/q+1. The maximum absolute atomic E-state index is 12.0. The zero-order valence-electron chi connectivity index (χ0n) is 12.0. The highest BCUT2D eigenvalue weighted by Gasteiger charge is 2.11. The number of carbonyl (C=O) groups is 3. The number of Topliss-reactive ketones (excluding diaryl/α,β-unsaturated/α-hetero) is 1. The van der Waals surface area contributed by atoms with Crippen LogP contribution in [-0.4, -0.2) is 17.9 Å². The lowest BCUT2D eigenvalue weighted by Gasteiger charge is -2.05. The number of hydrogen-bond acceptors (Lipinski definition) is 6. The maximum Gasteiger partial charge on any atom is 0.561 e. The number of ether oxygens (including phenoxy) is 2. The van der Waals surface area contributed by atoms with Crippen molar-refractivity contribution in [1.82, 2.24) is 0 Å². The van der Waals surface area contributed by atoms with Gasteiger partial charge in [-0.05, 0) is 43.3 Å². The van der Waals surface area contributed by atoms with Crippen molar-refractivity contribution in [2.75, 3.05) is 0 Å². The molecule has 0 amide bonds. The van der Waals surface area contributed by atoms with Crippen LogP contribution in [0.3, 0.4) is 0 Å². The molecule has 0 aliphatic heterocycles. The SMILES string of the molecule is CC(=O)c1ccc(C(=O)Oc2ccc(OC(=O)O[IH+])cc2)cc1. The van der Waals surface area contributed by atoms with Crippen LogP contribution in [0.4, 0.5) is 4.79 Å². The minimum absolute atomic E-state index is 0.0775. The summed E-state index contributed by atoms with van der Waals surface area (Å²) in [5, 5.41) is 0. The average molecular weight is 427 g/mol. The molecule has 0 aliphatic carbocycles. The van der Waals surface area contributed by atoms with Gasteiger partial charge in [-0.2, -0.15) is 7.86 Å². The Balaban J connectivity index is 2.02. The van der Waals surface area contributed by atoms with Crippen molar-refractivity contribution < 1.29 is 49.9 Å². The molecular weight excluding hydrogens is 415 g/mol. The van der Waals surface area contributed by atoms with Gasteiger partial charge in [-0.15, -0.1) is 0 Å². The normalized spacial score (nSPS) is 9.83. The second-order valence-electron chi connectivity index (χ2n) is 4.43. The number of benzene rings is 2. The third kappa shape index (κ3) is 4.78. The van der Waals surface area contributed by atoms with Gasteiger partial charge in [0.05, 0.1) is 5.56 Å². The summed E-state index contributed by atoms with van der Waals surface area (Å²) < 4.78 is 14.4. The van der Waals surface area contributed by atoms with E-state index in [-0.39, 0.29) is 11.5 Å². The lowest BCUT2D eigenvalue weighted by molar-refractivity contribution is -0.657. The largest absolute Gasteiger partial charge is 0.561 e. The minimum Gasteiger partial charge on any atom is -0.423 e. The van der Waals surface area contributed by atoms with Crippen LogP contribution >= 0.6 is 0 Å². The van der Waals surface area contributed by atoms with Crippen LogP contribution in [0.1, 0.15) is 27.6 Å². The molecule has 118 valence electrons. The Morgan fingerprint density at radius 3 is 1.74 bits per heavy atom. The van der Waals surface area contributed by atoms with Gasteiger partial charge in [-0.1, -0.05) is 12.1 Å². The molecule has 0 unspecified atom stereocenters. The van der Waals surface area contributed by atoms with Gasteiger partial charge in [0.15, 0.2) is 5.78 Å². The van der Waals surface area contributed by atoms with Crippen molar-refractivity contribution in [3.05, 3.63) is 59.7 Å². The van der Waals surface area contributed by atoms with E-state index in [4.69, 9.17) is 9.47 Å². The van der Waals surface area contributed by atoms with Gasteiger partial charge in [0.1, 0.15) is 11.5 Å². The third-order valence-electron chi connectivity index (χ3n) is 2.83. The Labute approximate surface area is 146 Å². The molecule has 0 aromatic heterocycles. The van der Waals surface area contributed by atoms with Crippen LogP contribution in [0.25, 0.3) is 0 Å². The van der Waals surface area contributed by atoms with Gasteiger partial charge in [-0.25, -0.2) is 4.79 Å². The molecule has 23 heavy (non-hydrogen) atoms. The van der Waals surface area contributed by atoms with Crippen molar-refractivity contribution in [2.24, 2.45) is 0 Å². The zero-order valence-corrected chi connectivity index (χ0v) is 14.3. The molecule has 0 atom stereocenters. The summed E-state index contributed by atoms with van der Waals surface area (Å²) in [6.07, 6.45) is -0.829. The van der Waals surface area contributed by atoms with Crippen LogP contribution < -0.4 is 32.5 Å². The summed E-state index contributed by atoms with van der Waals surface area (Å²) in [5.74, 6) is -0.0683. The molecule has 0 saturated heterocycles. The fraction of sp³-hybridized carbons (Fsp3) is 0.0625. The Bertz CT molecular complexity index is 721. The highest BCUT2D eigenvalue weighted by atomic mass is 127. The average Bonchev–Trinajstić information content (AvgIpc) is 2.56. The first-order valence-corrected chi connectivity index (χ1v) is 7.39.